The predicted molar refractivity (Wildman–Crippen MR) is 93.3 cm³/mol. The number of non-ortho nitro benzene ring substituents is 1. The Balaban J connectivity index is 2.09. The van der Waals surface area contributed by atoms with Crippen molar-refractivity contribution >= 4 is 29.3 Å². The minimum absolute atomic E-state index is 0.0168. The quantitative estimate of drug-likeness (QED) is 0.389. The third-order valence-electron chi connectivity index (χ3n) is 3.45. The largest absolute Gasteiger partial charge is 0.465 e. The molecule has 2 aromatic rings. The van der Waals surface area contributed by atoms with E-state index >= 15 is 0 Å². The number of amides is 1. The zero-order valence-corrected chi connectivity index (χ0v) is 13.7. The number of rotatable bonds is 5. The number of ether oxygens (including phenoxy) is 1. The SMILES string of the molecule is COC(=O)c1ccc(C)c(NC(=O)/C=C/c2ccc([N+](=O)[O-])cc2)c1. The molecule has 0 heterocycles. The van der Waals surface area contributed by atoms with Crippen LogP contribution in [0.25, 0.3) is 6.08 Å². The van der Waals surface area contributed by atoms with E-state index in [0.717, 1.165) is 5.56 Å². The van der Waals surface area contributed by atoms with Crippen molar-refractivity contribution in [3.05, 3.63) is 75.3 Å². The molecule has 1 amide bonds. The molecule has 0 aliphatic rings. The van der Waals surface area contributed by atoms with Gasteiger partial charge in [0.25, 0.3) is 5.69 Å². The van der Waals surface area contributed by atoms with Gasteiger partial charge in [-0.05, 0) is 48.4 Å². The van der Waals surface area contributed by atoms with Crippen molar-refractivity contribution in [2.24, 2.45) is 0 Å². The second-order valence-corrected chi connectivity index (χ2v) is 5.19. The van der Waals surface area contributed by atoms with Crippen molar-refractivity contribution in [3.8, 4) is 0 Å². The van der Waals surface area contributed by atoms with Crippen LogP contribution >= 0.6 is 0 Å². The molecule has 0 saturated carbocycles. The summed E-state index contributed by atoms with van der Waals surface area (Å²) in [5, 5.41) is 13.3. The molecule has 0 atom stereocenters. The molecular formula is C18H16N2O5. The zero-order valence-electron chi connectivity index (χ0n) is 13.7. The number of methoxy groups -OCH3 is 1. The highest BCUT2D eigenvalue weighted by atomic mass is 16.6. The number of carbonyl (C=O) groups excluding carboxylic acids is 2. The molecule has 0 spiro atoms. The molecule has 0 aliphatic heterocycles. The number of anilines is 1. The van der Waals surface area contributed by atoms with E-state index in [1.54, 1.807) is 43.3 Å². The van der Waals surface area contributed by atoms with Crippen molar-refractivity contribution in [1.82, 2.24) is 0 Å². The normalized spacial score (nSPS) is 10.5. The van der Waals surface area contributed by atoms with E-state index in [1.165, 1.54) is 25.3 Å². The monoisotopic (exact) mass is 340 g/mol. The average molecular weight is 340 g/mol. The van der Waals surface area contributed by atoms with E-state index in [4.69, 9.17) is 0 Å². The lowest BCUT2D eigenvalue weighted by molar-refractivity contribution is -0.384. The minimum Gasteiger partial charge on any atom is -0.465 e. The lowest BCUT2D eigenvalue weighted by Crippen LogP contribution is -2.10. The third kappa shape index (κ3) is 4.74. The second kappa shape index (κ2) is 7.87. The van der Waals surface area contributed by atoms with Crippen LogP contribution in [0.1, 0.15) is 21.5 Å². The van der Waals surface area contributed by atoms with Crippen LogP contribution in [0.2, 0.25) is 0 Å². The van der Waals surface area contributed by atoms with Gasteiger partial charge in [0.15, 0.2) is 0 Å². The van der Waals surface area contributed by atoms with Crippen molar-refractivity contribution in [2.45, 2.75) is 6.92 Å². The first-order valence-corrected chi connectivity index (χ1v) is 7.33. The van der Waals surface area contributed by atoms with Crippen molar-refractivity contribution in [3.63, 3.8) is 0 Å². The van der Waals surface area contributed by atoms with Gasteiger partial charge in [-0.3, -0.25) is 14.9 Å². The standard InChI is InChI=1S/C18H16N2O5/c1-12-3-7-14(18(22)25-2)11-16(12)19-17(21)10-6-13-4-8-15(9-5-13)20(23)24/h3-11H,1-2H3,(H,19,21)/b10-6+. The fraction of sp³-hybridized carbons (Fsp3) is 0.111. The molecule has 0 radical (unpaired) electrons. The number of hydrogen-bond acceptors (Lipinski definition) is 5. The van der Waals surface area contributed by atoms with E-state index in [-0.39, 0.29) is 11.6 Å². The number of carbonyl (C=O) groups is 2. The van der Waals surface area contributed by atoms with Crippen LogP contribution in [0.4, 0.5) is 11.4 Å². The summed E-state index contributed by atoms with van der Waals surface area (Å²) in [5.74, 6) is -0.875. The van der Waals surface area contributed by atoms with Gasteiger partial charge < -0.3 is 10.1 Å². The molecule has 0 bridgehead atoms. The number of hydrogen-bond donors (Lipinski definition) is 1. The van der Waals surface area contributed by atoms with Gasteiger partial charge in [-0.25, -0.2) is 4.79 Å². The predicted octanol–water partition coefficient (Wildman–Crippen LogP) is 3.34. The Hall–Kier alpha value is -3.48. The van der Waals surface area contributed by atoms with E-state index in [0.29, 0.717) is 16.8 Å². The van der Waals surface area contributed by atoms with Gasteiger partial charge in [-0.2, -0.15) is 0 Å². The van der Waals surface area contributed by atoms with Crippen LogP contribution in [0, 0.1) is 17.0 Å². The highest BCUT2D eigenvalue weighted by molar-refractivity contribution is 6.03. The molecule has 7 nitrogen and oxygen atoms in total. The Morgan fingerprint density at radius 3 is 2.44 bits per heavy atom. The molecule has 1 N–H and O–H groups in total. The number of nitro groups is 1. The molecule has 0 saturated heterocycles. The molecule has 0 unspecified atom stereocenters. The maximum Gasteiger partial charge on any atom is 0.337 e. The van der Waals surface area contributed by atoms with Gasteiger partial charge in [0.2, 0.25) is 5.91 Å². The van der Waals surface area contributed by atoms with E-state index in [2.05, 4.69) is 10.1 Å². The lowest BCUT2D eigenvalue weighted by atomic mass is 10.1. The molecule has 25 heavy (non-hydrogen) atoms. The first-order chi connectivity index (χ1) is 11.9. The topological polar surface area (TPSA) is 98.5 Å². The summed E-state index contributed by atoms with van der Waals surface area (Å²) in [6.07, 6.45) is 2.85. The summed E-state index contributed by atoms with van der Waals surface area (Å²) in [5.41, 5.74) is 2.27. The number of nitro benzene ring substituents is 1. The molecule has 2 aromatic carbocycles. The summed E-state index contributed by atoms with van der Waals surface area (Å²) in [6, 6.07) is 10.7. The van der Waals surface area contributed by atoms with Crippen LogP contribution < -0.4 is 5.32 Å². The molecule has 2 rings (SSSR count). The first kappa shape index (κ1) is 17.9. The number of benzene rings is 2. The van der Waals surface area contributed by atoms with Crippen LogP contribution in [0.15, 0.2) is 48.5 Å². The summed E-state index contributed by atoms with van der Waals surface area (Å²) < 4.78 is 4.65. The van der Waals surface area contributed by atoms with E-state index in [1.807, 2.05) is 0 Å². The van der Waals surface area contributed by atoms with Crippen LogP contribution in [0.5, 0.6) is 0 Å². The molecule has 0 aromatic heterocycles. The zero-order chi connectivity index (χ0) is 18.4. The van der Waals surface area contributed by atoms with Gasteiger partial charge in [-0.15, -0.1) is 0 Å². The number of nitrogens with one attached hydrogen (secondary N) is 1. The van der Waals surface area contributed by atoms with Crippen molar-refractivity contribution in [2.75, 3.05) is 12.4 Å². The minimum atomic E-state index is -0.489. The van der Waals surface area contributed by atoms with Crippen molar-refractivity contribution in [1.29, 1.82) is 0 Å². The fourth-order valence-corrected chi connectivity index (χ4v) is 2.05. The average Bonchev–Trinajstić information content (AvgIpc) is 2.61. The Kier molecular flexibility index (Phi) is 5.62. The van der Waals surface area contributed by atoms with Crippen LogP contribution in [-0.4, -0.2) is 23.9 Å². The number of esters is 1. The maximum atomic E-state index is 12.0. The fourth-order valence-electron chi connectivity index (χ4n) is 2.05. The van der Waals surface area contributed by atoms with Gasteiger partial charge in [0, 0.05) is 23.9 Å². The Labute approximate surface area is 144 Å². The summed E-state index contributed by atoms with van der Waals surface area (Å²) in [6.45, 7) is 1.80. The molecule has 0 fully saturated rings. The molecule has 7 heteroatoms. The summed E-state index contributed by atoms with van der Waals surface area (Å²) >= 11 is 0. The third-order valence-corrected chi connectivity index (χ3v) is 3.45. The Morgan fingerprint density at radius 2 is 1.84 bits per heavy atom. The Morgan fingerprint density at radius 1 is 1.16 bits per heavy atom. The van der Waals surface area contributed by atoms with Crippen LogP contribution in [0.3, 0.4) is 0 Å². The molecular weight excluding hydrogens is 324 g/mol. The molecule has 128 valence electrons. The molecule has 0 aliphatic carbocycles. The van der Waals surface area contributed by atoms with Gasteiger partial charge >= 0.3 is 5.97 Å². The smallest absolute Gasteiger partial charge is 0.337 e. The summed E-state index contributed by atoms with van der Waals surface area (Å²) in [4.78, 5) is 33.7. The lowest BCUT2D eigenvalue weighted by Gasteiger charge is -2.08. The van der Waals surface area contributed by atoms with Gasteiger partial charge in [0.05, 0.1) is 17.6 Å². The van der Waals surface area contributed by atoms with Crippen molar-refractivity contribution < 1.29 is 19.2 Å². The first-order valence-electron chi connectivity index (χ1n) is 7.33. The second-order valence-electron chi connectivity index (χ2n) is 5.19. The van der Waals surface area contributed by atoms with Gasteiger partial charge in [-0.1, -0.05) is 6.07 Å². The highest BCUT2D eigenvalue weighted by Crippen LogP contribution is 2.18. The van der Waals surface area contributed by atoms with Crippen LogP contribution in [-0.2, 0) is 9.53 Å². The Bertz CT molecular complexity index is 841. The number of aryl methyl sites for hydroxylation is 1. The summed E-state index contributed by atoms with van der Waals surface area (Å²) in [7, 11) is 1.29. The van der Waals surface area contributed by atoms with E-state index < -0.39 is 10.9 Å². The highest BCUT2D eigenvalue weighted by Gasteiger charge is 2.09. The maximum absolute atomic E-state index is 12.0. The number of nitrogens with zero attached hydrogens (tertiary/aromatic N) is 1. The van der Waals surface area contributed by atoms with Gasteiger partial charge in [0.1, 0.15) is 0 Å². The van der Waals surface area contributed by atoms with E-state index in [9.17, 15) is 19.7 Å².